The highest BCUT2D eigenvalue weighted by atomic mass is 16.5. The molecule has 0 unspecified atom stereocenters. The summed E-state index contributed by atoms with van der Waals surface area (Å²) in [7, 11) is 0. The zero-order valence-electron chi connectivity index (χ0n) is 19.0. The standard InChI is InChI=1S/C26H35NO4/c1-4-5-6-7-18-31-26(29)22-10-14-23(15-11-22)27-25(28)9-8-19-30-24-16-12-21(13-17-24)20(2)3/h10-17,20H,4-9,18-19H2,1-3H3,(H,27,28). The zero-order valence-corrected chi connectivity index (χ0v) is 19.0. The van der Waals surface area contributed by atoms with Crippen molar-refractivity contribution < 1.29 is 19.1 Å². The molecule has 5 heteroatoms. The minimum absolute atomic E-state index is 0.0787. The second-order valence-corrected chi connectivity index (χ2v) is 8.00. The van der Waals surface area contributed by atoms with Gasteiger partial charge in [-0.2, -0.15) is 0 Å². The number of benzene rings is 2. The molecule has 0 aliphatic carbocycles. The lowest BCUT2D eigenvalue weighted by Crippen LogP contribution is -2.13. The Morgan fingerprint density at radius 3 is 2.23 bits per heavy atom. The van der Waals surface area contributed by atoms with E-state index in [0.29, 0.717) is 43.2 Å². The molecule has 1 amide bonds. The Kier molecular flexibility index (Phi) is 10.6. The van der Waals surface area contributed by atoms with Crippen LogP contribution in [0.1, 0.15) is 81.1 Å². The maximum Gasteiger partial charge on any atom is 0.338 e. The van der Waals surface area contributed by atoms with Crippen molar-refractivity contribution in [2.75, 3.05) is 18.5 Å². The van der Waals surface area contributed by atoms with Crippen LogP contribution in [0.25, 0.3) is 0 Å². The number of rotatable bonds is 13. The van der Waals surface area contributed by atoms with Gasteiger partial charge in [-0.25, -0.2) is 4.79 Å². The summed E-state index contributed by atoms with van der Waals surface area (Å²) in [6.45, 7) is 7.39. The summed E-state index contributed by atoms with van der Waals surface area (Å²) in [4.78, 5) is 24.2. The van der Waals surface area contributed by atoms with Crippen molar-refractivity contribution in [1.29, 1.82) is 0 Å². The first kappa shape index (κ1) is 24.4. The van der Waals surface area contributed by atoms with Crippen LogP contribution in [0, 0.1) is 0 Å². The lowest BCUT2D eigenvalue weighted by molar-refractivity contribution is -0.116. The summed E-state index contributed by atoms with van der Waals surface area (Å²) in [5, 5.41) is 2.85. The van der Waals surface area contributed by atoms with Crippen LogP contribution in [0.3, 0.4) is 0 Å². The Labute approximate surface area is 186 Å². The van der Waals surface area contributed by atoms with Gasteiger partial charge in [0.1, 0.15) is 5.75 Å². The number of amides is 1. The molecular weight excluding hydrogens is 390 g/mol. The zero-order chi connectivity index (χ0) is 22.5. The van der Waals surface area contributed by atoms with Crippen LogP contribution in [-0.2, 0) is 9.53 Å². The smallest absolute Gasteiger partial charge is 0.338 e. The number of nitrogens with one attached hydrogen (secondary N) is 1. The molecule has 31 heavy (non-hydrogen) atoms. The Hall–Kier alpha value is -2.82. The van der Waals surface area contributed by atoms with Crippen LogP contribution in [0.2, 0.25) is 0 Å². The first-order valence-corrected chi connectivity index (χ1v) is 11.3. The number of unbranched alkanes of at least 4 members (excludes halogenated alkanes) is 3. The molecule has 2 aromatic carbocycles. The van der Waals surface area contributed by atoms with E-state index in [-0.39, 0.29) is 11.9 Å². The topological polar surface area (TPSA) is 64.6 Å². The number of hydrogen-bond donors (Lipinski definition) is 1. The number of anilines is 1. The lowest BCUT2D eigenvalue weighted by Gasteiger charge is -2.09. The number of hydrogen-bond acceptors (Lipinski definition) is 4. The van der Waals surface area contributed by atoms with Gasteiger partial charge in [0.15, 0.2) is 0 Å². The third-order valence-electron chi connectivity index (χ3n) is 5.00. The van der Waals surface area contributed by atoms with Crippen LogP contribution in [0.5, 0.6) is 5.75 Å². The minimum atomic E-state index is -0.326. The van der Waals surface area contributed by atoms with Gasteiger partial charge in [-0.3, -0.25) is 4.79 Å². The van der Waals surface area contributed by atoms with E-state index < -0.39 is 0 Å². The maximum absolute atomic E-state index is 12.1. The molecule has 0 bridgehead atoms. The molecule has 0 saturated heterocycles. The summed E-state index contributed by atoms with van der Waals surface area (Å²) in [6.07, 6.45) is 5.26. The second kappa shape index (κ2) is 13.5. The lowest BCUT2D eigenvalue weighted by atomic mass is 10.0. The molecule has 0 spiro atoms. The highest BCUT2D eigenvalue weighted by Gasteiger charge is 2.08. The van der Waals surface area contributed by atoms with E-state index in [1.165, 1.54) is 5.56 Å². The van der Waals surface area contributed by atoms with Gasteiger partial charge in [-0.05, 0) is 60.7 Å². The van der Waals surface area contributed by atoms with E-state index in [1.807, 2.05) is 12.1 Å². The fourth-order valence-electron chi connectivity index (χ4n) is 3.06. The van der Waals surface area contributed by atoms with E-state index in [2.05, 4.69) is 38.2 Å². The van der Waals surface area contributed by atoms with Crippen LogP contribution in [-0.4, -0.2) is 25.1 Å². The minimum Gasteiger partial charge on any atom is -0.494 e. The van der Waals surface area contributed by atoms with Crippen molar-refractivity contribution in [3.63, 3.8) is 0 Å². The Bertz CT molecular complexity index is 797. The molecule has 0 aromatic heterocycles. The van der Waals surface area contributed by atoms with Crippen molar-refractivity contribution >= 4 is 17.6 Å². The average molecular weight is 426 g/mol. The summed E-state index contributed by atoms with van der Waals surface area (Å²) < 4.78 is 11.0. The van der Waals surface area contributed by atoms with Crippen LogP contribution >= 0.6 is 0 Å². The molecule has 168 valence electrons. The highest BCUT2D eigenvalue weighted by Crippen LogP contribution is 2.19. The molecule has 0 aliphatic rings. The van der Waals surface area contributed by atoms with Gasteiger partial charge in [0, 0.05) is 12.1 Å². The van der Waals surface area contributed by atoms with Crippen LogP contribution < -0.4 is 10.1 Å². The fraction of sp³-hybridized carbons (Fsp3) is 0.462. The third kappa shape index (κ3) is 9.24. The van der Waals surface area contributed by atoms with E-state index >= 15 is 0 Å². The molecule has 2 aromatic rings. The first-order chi connectivity index (χ1) is 15.0. The molecule has 5 nitrogen and oxygen atoms in total. The fourth-order valence-corrected chi connectivity index (χ4v) is 3.06. The van der Waals surface area contributed by atoms with Crippen molar-refractivity contribution in [2.45, 2.75) is 65.2 Å². The number of ether oxygens (including phenoxy) is 2. The van der Waals surface area contributed by atoms with E-state index in [0.717, 1.165) is 31.4 Å². The summed E-state index contributed by atoms with van der Waals surface area (Å²) in [6, 6.07) is 14.9. The van der Waals surface area contributed by atoms with Crippen molar-refractivity contribution in [2.24, 2.45) is 0 Å². The molecular formula is C26H35NO4. The normalized spacial score (nSPS) is 10.7. The Morgan fingerprint density at radius 2 is 1.58 bits per heavy atom. The van der Waals surface area contributed by atoms with Gasteiger partial charge in [0.05, 0.1) is 18.8 Å². The van der Waals surface area contributed by atoms with Crippen molar-refractivity contribution in [1.82, 2.24) is 0 Å². The molecule has 0 fully saturated rings. The van der Waals surface area contributed by atoms with Gasteiger partial charge in [-0.15, -0.1) is 0 Å². The van der Waals surface area contributed by atoms with E-state index in [1.54, 1.807) is 24.3 Å². The third-order valence-corrected chi connectivity index (χ3v) is 5.00. The van der Waals surface area contributed by atoms with E-state index in [9.17, 15) is 9.59 Å². The second-order valence-electron chi connectivity index (χ2n) is 8.00. The quantitative estimate of drug-likeness (QED) is 0.300. The van der Waals surface area contributed by atoms with Gasteiger partial charge < -0.3 is 14.8 Å². The molecule has 0 heterocycles. The molecule has 0 saturated carbocycles. The SMILES string of the molecule is CCCCCCOC(=O)c1ccc(NC(=O)CCCOc2ccc(C(C)C)cc2)cc1. The van der Waals surface area contributed by atoms with Gasteiger partial charge in [0.25, 0.3) is 0 Å². The summed E-state index contributed by atoms with van der Waals surface area (Å²) >= 11 is 0. The van der Waals surface area contributed by atoms with Crippen LogP contribution in [0.15, 0.2) is 48.5 Å². The highest BCUT2D eigenvalue weighted by molar-refractivity contribution is 5.93. The van der Waals surface area contributed by atoms with Gasteiger partial charge >= 0.3 is 5.97 Å². The maximum atomic E-state index is 12.1. The summed E-state index contributed by atoms with van der Waals surface area (Å²) in [5.41, 5.74) is 2.43. The monoisotopic (exact) mass is 425 g/mol. The molecule has 0 atom stereocenters. The summed E-state index contributed by atoms with van der Waals surface area (Å²) in [5.74, 6) is 0.906. The number of esters is 1. The number of carbonyl (C=O) groups is 2. The van der Waals surface area contributed by atoms with Crippen molar-refractivity contribution in [3.05, 3.63) is 59.7 Å². The van der Waals surface area contributed by atoms with Crippen LogP contribution in [0.4, 0.5) is 5.69 Å². The molecule has 0 aliphatic heterocycles. The molecule has 1 N–H and O–H groups in total. The Morgan fingerprint density at radius 1 is 0.871 bits per heavy atom. The van der Waals surface area contributed by atoms with E-state index in [4.69, 9.17) is 9.47 Å². The van der Waals surface area contributed by atoms with Crippen molar-refractivity contribution in [3.8, 4) is 5.75 Å². The molecule has 2 rings (SSSR count). The Balaban J connectivity index is 1.65. The first-order valence-electron chi connectivity index (χ1n) is 11.3. The number of carbonyl (C=O) groups excluding carboxylic acids is 2. The predicted octanol–water partition coefficient (Wildman–Crippen LogP) is 6.34. The largest absolute Gasteiger partial charge is 0.494 e. The van der Waals surface area contributed by atoms with Gasteiger partial charge in [-0.1, -0.05) is 52.2 Å². The predicted molar refractivity (Wildman–Crippen MR) is 125 cm³/mol. The van der Waals surface area contributed by atoms with Gasteiger partial charge in [0.2, 0.25) is 5.91 Å². The average Bonchev–Trinajstić information content (AvgIpc) is 2.77. The molecule has 0 radical (unpaired) electrons.